The van der Waals surface area contributed by atoms with Crippen molar-refractivity contribution in [1.29, 1.82) is 0 Å². The molecule has 124 valence electrons. The Hall–Kier alpha value is -2.24. The quantitative estimate of drug-likeness (QED) is 0.564. The summed E-state index contributed by atoms with van der Waals surface area (Å²) in [5.41, 5.74) is 1.26. The summed E-state index contributed by atoms with van der Waals surface area (Å²) in [7, 11) is 0. The van der Waals surface area contributed by atoms with E-state index in [9.17, 15) is 20.4 Å². The lowest BCUT2D eigenvalue weighted by molar-refractivity contribution is 0.160. The maximum Gasteiger partial charge on any atom is 0.119 e. The van der Waals surface area contributed by atoms with Gasteiger partial charge in [0.1, 0.15) is 17.2 Å². The van der Waals surface area contributed by atoms with Crippen LogP contribution in [0.2, 0.25) is 0 Å². The van der Waals surface area contributed by atoms with Crippen molar-refractivity contribution in [3.05, 3.63) is 53.6 Å². The van der Waals surface area contributed by atoms with Gasteiger partial charge in [-0.15, -0.1) is 0 Å². The van der Waals surface area contributed by atoms with Gasteiger partial charge in [-0.2, -0.15) is 0 Å². The normalized spacial score (nSPS) is 13.0. The van der Waals surface area contributed by atoms with Crippen LogP contribution in [-0.2, 0) is 6.42 Å². The highest BCUT2D eigenvalue weighted by Crippen LogP contribution is 2.25. The summed E-state index contributed by atoms with van der Waals surface area (Å²) in [5.74, 6) is 0.0726. The molecule has 0 heterocycles. The summed E-state index contributed by atoms with van der Waals surface area (Å²) in [6, 6.07) is 11.1. The van der Waals surface area contributed by atoms with Crippen LogP contribution in [0.4, 0.5) is 0 Å². The number of aliphatic hydroxyl groups is 1. The van der Waals surface area contributed by atoms with E-state index in [4.69, 9.17) is 0 Å². The second kappa shape index (κ2) is 6.89. The van der Waals surface area contributed by atoms with Crippen LogP contribution < -0.4 is 5.32 Å². The van der Waals surface area contributed by atoms with Gasteiger partial charge >= 0.3 is 0 Å². The van der Waals surface area contributed by atoms with E-state index < -0.39 is 6.10 Å². The molecule has 5 N–H and O–H groups in total. The average Bonchev–Trinajstić information content (AvgIpc) is 2.46. The summed E-state index contributed by atoms with van der Waals surface area (Å²) in [5, 5.41) is 41.8. The third kappa shape index (κ3) is 5.16. The molecule has 1 unspecified atom stereocenters. The summed E-state index contributed by atoms with van der Waals surface area (Å²) < 4.78 is 0. The highest BCUT2D eigenvalue weighted by Gasteiger charge is 2.20. The Morgan fingerprint density at radius 2 is 1.48 bits per heavy atom. The molecular weight excluding hydrogens is 294 g/mol. The molecule has 0 aliphatic heterocycles. The Morgan fingerprint density at radius 3 is 2.04 bits per heavy atom. The Bertz CT molecular complexity index is 632. The molecular formula is C18H23NO4. The van der Waals surface area contributed by atoms with Gasteiger partial charge in [0.25, 0.3) is 0 Å². The number of benzene rings is 2. The first-order valence-corrected chi connectivity index (χ1v) is 7.49. The number of hydrogen-bond donors (Lipinski definition) is 5. The van der Waals surface area contributed by atoms with Crippen molar-refractivity contribution in [3.8, 4) is 17.2 Å². The van der Waals surface area contributed by atoms with Gasteiger partial charge in [0.15, 0.2) is 0 Å². The minimum absolute atomic E-state index is 0.0811. The predicted molar refractivity (Wildman–Crippen MR) is 88.6 cm³/mol. The van der Waals surface area contributed by atoms with E-state index in [0.29, 0.717) is 5.56 Å². The van der Waals surface area contributed by atoms with Crippen LogP contribution in [0.5, 0.6) is 17.2 Å². The number of rotatable bonds is 6. The van der Waals surface area contributed by atoms with Gasteiger partial charge < -0.3 is 25.7 Å². The monoisotopic (exact) mass is 317 g/mol. The van der Waals surface area contributed by atoms with Crippen LogP contribution in [0, 0.1) is 0 Å². The highest BCUT2D eigenvalue weighted by atomic mass is 16.3. The number of hydrogen-bond acceptors (Lipinski definition) is 5. The van der Waals surface area contributed by atoms with Crippen LogP contribution >= 0.6 is 0 Å². The molecule has 2 aromatic rings. The molecule has 1 atom stereocenters. The van der Waals surface area contributed by atoms with Crippen molar-refractivity contribution in [1.82, 2.24) is 5.32 Å². The molecule has 5 nitrogen and oxygen atoms in total. The fourth-order valence-electron chi connectivity index (χ4n) is 2.49. The molecule has 2 rings (SSSR count). The molecule has 2 aromatic carbocycles. The van der Waals surface area contributed by atoms with Crippen LogP contribution in [0.1, 0.15) is 31.1 Å². The maximum atomic E-state index is 10.2. The zero-order chi connectivity index (χ0) is 17.0. The lowest BCUT2D eigenvalue weighted by Gasteiger charge is -2.28. The third-order valence-electron chi connectivity index (χ3n) is 3.67. The van der Waals surface area contributed by atoms with E-state index in [1.54, 1.807) is 12.1 Å². The number of phenolic OH excluding ortho intramolecular Hbond substituents is 3. The Kier molecular flexibility index (Phi) is 5.13. The molecule has 0 bridgehead atoms. The fourth-order valence-corrected chi connectivity index (χ4v) is 2.49. The van der Waals surface area contributed by atoms with E-state index in [-0.39, 0.29) is 29.3 Å². The van der Waals surface area contributed by atoms with Crippen LogP contribution in [0.15, 0.2) is 42.5 Å². The highest BCUT2D eigenvalue weighted by molar-refractivity contribution is 5.37. The zero-order valence-corrected chi connectivity index (χ0v) is 13.3. The fraction of sp³-hybridized carbons (Fsp3) is 0.333. The largest absolute Gasteiger partial charge is 0.508 e. The van der Waals surface area contributed by atoms with Crippen molar-refractivity contribution in [2.24, 2.45) is 0 Å². The standard InChI is InChI=1S/C18H23NO4/c1-18(2,10-12-3-5-14(20)6-4-12)19-11-17(23)13-7-15(21)9-16(22)8-13/h3-9,17,19-23H,10-11H2,1-2H3. The minimum Gasteiger partial charge on any atom is -0.508 e. The average molecular weight is 317 g/mol. The summed E-state index contributed by atoms with van der Waals surface area (Å²) >= 11 is 0. The number of aliphatic hydroxyl groups excluding tert-OH is 1. The van der Waals surface area contributed by atoms with Gasteiger partial charge in [-0.05, 0) is 55.7 Å². The van der Waals surface area contributed by atoms with Gasteiger partial charge in [0.05, 0.1) is 6.10 Å². The lowest BCUT2D eigenvalue weighted by Crippen LogP contribution is -2.43. The topological polar surface area (TPSA) is 93.0 Å². The summed E-state index contributed by atoms with van der Waals surface area (Å²) in [6.45, 7) is 4.33. The Labute approximate surface area is 135 Å². The van der Waals surface area contributed by atoms with Crippen molar-refractivity contribution in [2.75, 3.05) is 6.54 Å². The molecule has 0 aliphatic rings. The second-order valence-electron chi connectivity index (χ2n) is 6.41. The van der Waals surface area contributed by atoms with E-state index in [2.05, 4.69) is 5.32 Å². The van der Waals surface area contributed by atoms with Gasteiger partial charge in [-0.1, -0.05) is 12.1 Å². The van der Waals surface area contributed by atoms with Gasteiger partial charge in [-0.25, -0.2) is 0 Å². The maximum absolute atomic E-state index is 10.2. The first kappa shape index (κ1) is 17.1. The number of phenols is 3. The second-order valence-corrected chi connectivity index (χ2v) is 6.41. The number of nitrogens with one attached hydrogen (secondary N) is 1. The molecule has 0 saturated carbocycles. The summed E-state index contributed by atoms with van der Waals surface area (Å²) in [6.07, 6.45) is -0.113. The van der Waals surface area contributed by atoms with E-state index in [1.165, 1.54) is 18.2 Å². The molecule has 0 radical (unpaired) electrons. The van der Waals surface area contributed by atoms with E-state index in [1.807, 2.05) is 26.0 Å². The minimum atomic E-state index is -0.841. The van der Waals surface area contributed by atoms with Gasteiger partial charge in [0, 0.05) is 18.2 Å². The van der Waals surface area contributed by atoms with E-state index in [0.717, 1.165) is 12.0 Å². The van der Waals surface area contributed by atoms with Crippen LogP contribution in [0.3, 0.4) is 0 Å². The smallest absolute Gasteiger partial charge is 0.119 e. The predicted octanol–water partition coefficient (Wildman–Crippen LogP) is 2.45. The first-order valence-electron chi connectivity index (χ1n) is 7.49. The van der Waals surface area contributed by atoms with Crippen molar-refractivity contribution in [3.63, 3.8) is 0 Å². The molecule has 0 saturated heterocycles. The zero-order valence-electron chi connectivity index (χ0n) is 13.3. The lowest BCUT2D eigenvalue weighted by atomic mass is 9.94. The van der Waals surface area contributed by atoms with Crippen LogP contribution in [-0.4, -0.2) is 32.5 Å². The summed E-state index contributed by atoms with van der Waals surface area (Å²) in [4.78, 5) is 0. The molecule has 0 amide bonds. The van der Waals surface area contributed by atoms with Crippen LogP contribution in [0.25, 0.3) is 0 Å². The molecule has 0 aliphatic carbocycles. The van der Waals surface area contributed by atoms with Crippen molar-refractivity contribution < 1.29 is 20.4 Å². The molecule has 0 fully saturated rings. The van der Waals surface area contributed by atoms with Crippen molar-refractivity contribution in [2.45, 2.75) is 31.9 Å². The Balaban J connectivity index is 1.96. The third-order valence-corrected chi connectivity index (χ3v) is 3.67. The number of aromatic hydroxyl groups is 3. The Morgan fingerprint density at radius 1 is 0.913 bits per heavy atom. The number of β-amino-alcohol motifs (C(OH)–C–C–N with tert-alkyl or cyclic N) is 1. The molecule has 23 heavy (non-hydrogen) atoms. The first-order chi connectivity index (χ1) is 10.7. The molecule has 5 heteroatoms. The SMILES string of the molecule is CC(C)(Cc1ccc(O)cc1)NCC(O)c1cc(O)cc(O)c1. The van der Waals surface area contributed by atoms with Gasteiger partial charge in [-0.3, -0.25) is 0 Å². The molecule has 0 aromatic heterocycles. The molecule has 0 spiro atoms. The van der Waals surface area contributed by atoms with E-state index >= 15 is 0 Å². The van der Waals surface area contributed by atoms with Crippen molar-refractivity contribution >= 4 is 0 Å². The van der Waals surface area contributed by atoms with Gasteiger partial charge in [0.2, 0.25) is 0 Å².